The third-order valence-electron chi connectivity index (χ3n) is 2.89. The molecule has 3 N–H and O–H groups in total. The summed E-state index contributed by atoms with van der Waals surface area (Å²) in [6.07, 6.45) is 2.15. The molecule has 1 aromatic carbocycles. The van der Waals surface area contributed by atoms with Gasteiger partial charge in [-0.25, -0.2) is 13.1 Å². The highest BCUT2D eigenvalue weighted by Gasteiger charge is 2.16. The van der Waals surface area contributed by atoms with E-state index in [9.17, 15) is 8.42 Å². The van der Waals surface area contributed by atoms with Crippen LogP contribution >= 0.6 is 0 Å². The highest BCUT2D eigenvalue weighted by atomic mass is 32.2. The van der Waals surface area contributed by atoms with Crippen molar-refractivity contribution in [2.45, 2.75) is 11.3 Å². The van der Waals surface area contributed by atoms with Crippen LogP contribution in [0.5, 0.6) is 0 Å². The molecule has 0 fully saturated rings. The first-order valence-corrected chi connectivity index (χ1v) is 7.83. The van der Waals surface area contributed by atoms with Crippen LogP contribution in [0.25, 0.3) is 0 Å². The number of nitrogens with zero attached hydrogens (tertiary/aromatic N) is 1. The van der Waals surface area contributed by atoms with Crippen LogP contribution in [0, 0.1) is 0 Å². The third-order valence-corrected chi connectivity index (χ3v) is 4.36. The molecular weight excluding hydrogens is 291 g/mol. The molecule has 6 nitrogen and oxygen atoms in total. The summed E-state index contributed by atoms with van der Waals surface area (Å²) in [5, 5.41) is 17.9. The van der Waals surface area contributed by atoms with E-state index in [1.54, 1.807) is 12.3 Å². The van der Waals surface area contributed by atoms with Crippen LogP contribution in [0.3, 0.4) is 0 Å². The monoisotopic (exact) mass is 306 g/mol. The fourth-order valence-corrected chi connectivity index (χ4v) is 2.79. The molecule has 0 saturated heterocycles. The van der Waals surface area contributed by atoms with Gasteiger partial charge in [-0.3, -0.25) is 4.98 Å². The summed E-state index contributed by atoms with van der Waals surface area (Å²) in [7, 11) is -5.23. The first-order chi connectivity index (χ1) is 9.99. The predicted molar refractivity (Wildman–Crippen MR) is 79.4 cm³/mol. The first-order valence-electron chi connectivity index (χ1n) is 6.35. The Kier molecular flexibility index (Phi) is 5.08. The Morgan fingerprint density at radius 2 is 1.81 bits per heavy atom. The van der Waals surface area contributed by atoms with E-state index in [1.165, 1.54) is 24.3 Å². The van der Waals surface area contributed by atoms with E-state index in [-0.39, 0.29) is 16.9 Å². The largest absolute Gasteiger partial charge is 0.488 e. The summed E-state index contributed by atoms with van der Waals surface area (Å²) in [5.74, 6) is 0. The SMILES string of the molecule is O=S(=O)(NCCc1ccccn1)c1ccc(B(O)O)cc1. The molecule has 0 atom stereocenters. The lowest BCUT2D eigenvalue weighted by Crippen LogP contribution is -2.30. The lowest BCUT2D eigenvalue weighted by atomic mass is 9.81. The smallest absolute Gasteiger partial charge is 0.423 e. The van der Waals surface area contributed by atoms with Crippen molar-refractivity contribution in [3.8, 4) is 0 Å². The molecule has 0 amide bonds. The van der Waals surface area contributed by atoms with Gasteiger partial charge in [-0.1, -0.05) is 18.2 Å². The van der Waals surface area contributed by atoms with Gasteiger partial charge in [0.15, 0.2) is 0 Å². The van der Waals surface area contributed by atoms with Crippen LogP contribution in [0.2, 0.25) is 0 Å². The second-order valence-electron chi connectivity index (χ2n) is 4.41. The third kappa shape index (κ3) is 4.37. The lowest BCUT2D eigenvalue weighted by molar-refractivity contribution is 0.425. The highest BCUT2D eigenvalue weighted by Crippen LogP contribution is 2.06. The standard InChI is InChI=1S/C13H15BN2O4S/c17-14(18)11-4-6-13(7-5-11)21(19,20)16-10-8-12-3-1-2-9-15-12/h1-7,9,16-18H,8,10H2. The molecule has 0 aliphatic carbocycles. The molecule has 0 aliphatic heterocycles. The minimum atomic E-state index is -3.61. The molecule has 2 aromatic rings. The van der Waals surface area contributed by atoms with Gasteiger partial charge in [-0.2, -0.15) is 0 Å². The van der Waals surface area contributed by atoms with Gasteiger partial charge in [0, 0.05) is 24.9 Å². The number of hydrogen-bond donors (Lipinski definition) is 3. The van der Waals surface area contributed by atoms with Crippen molar-refractivity contribution in [1.29, 1.82) is 0 Å². The number of sulfonamides is 1. The Labute approximate surface area is 123 Å². The van der Waals surface area contributed by atoms with Gasteiger partial charge >= 0.3 is 7.12 Å². The zero-order valence-corrected chi connectivity index (χ0v) is 12.0. The molecule has 0 saturated carbocycles. The maximum atomic E-state index is 12.0. The van der Waals surface area contributed by atoms with Crippen molar-refractivity contribution in [3.63, 3.8) is 0 Å². The van der Waals surface area contributed by atoms with Crippen LogP contribution in [0.4, 0.5) is 0 Å². The van der Waals surface area contributed by atoms with Gasteiger partial charge in [-0.05, 0) is 29.7 Å². The molecular formula is C13H15BN2O4S. The molecule has 0 bridgehead atoms. The second kappa shape index (κ2) is 6.81. The average Bonchev–Trinajstić information content (AvgIpc) is 2.48. The number of rotatable bonds is 6. The summed E-state index contributed by atoms with van der Waals surface area (Å²) in [4.78, 5) is 4.19. The van der Waals surface area contributed by atoms with Gasteiger partial charge in [0.25, 0.3) is 0 Å². The van der Waals surface area contributed by atoms with Crippen LogP contribution in [0.1, 0.15) is 5.69 Å². The number of pyridine rings is 1. The van der Waals surface area contributed by atoms with Crippen LogP contribution in [-0.2, 0) is 16.4 Å². The quantitative estimate of drug-likeness (QED) is 0.612. The molecule has 0 spiro atoms. The number of nitrogens with one attached hydrogen (secondary N) is 1. The molecule has 1 heterocycles. The molecule has 110 valence electrons. The number of hydrogen-bond acceptors (Lipinski definition) is 5. The molecule has 0 unspecified atom stereocenters. The topological polar surface area (TPSA) is 99.5 Å². The summed E-state index contributed by atoms with van der Waals surface area (Å²) in [6, 6.07) is 10.8. The van der Waals surface area contributed by atoms with Crippen molar-refractivity contribution in [2.24, 2.45) is 0 Å². The fraction of sp³-hybridized carbons (Fsp3) is 0.154. The highest BCUT2D eigenvalue weighted by molar-refractivity contribution is 7.89. The number of benzene rings is 1. The molecule has 2 rings (SSSR count). The Morgan fingerprint density at radius 1 is 1.10 bits per heavy atom. The van der Waals surface area contributed by atoms with Crippen molar-refractivity contribution in [1.82, 2.24) is 9.71 Å². The zero-order chi connectivity index (χ0) is 15.3. The normalized spacial score (nSPS) is 11.3. The van der Waals surface area contributed by atoms with E-state index in [4.69, 9.17) is 10.0 Å². The van der Waals surface area contributed by atoms with Crippen molar-refractivity contribution in [2.75, 3.05) is 6.54 Å². The summed E-state index contributed by atoms with van der Waals surface area (Å²) in [6.45, 7) is 0.240. The molecule has 0 aliphatic rings. The zero-order valence-electron chi connectivity index (χ0n) is 11.2. The maximum Gasteiger partial charge on any atom is 0.488 e. The van der Waals surface area contributed by atoms with Gasteiger partial charge < -0.3 is 10.0 Å². The number of aromatic nitrogens is 1. The van der Waals surface area contributed by atoms with Crippen molar-refractivity contribution < 1.29 is 18.5 Å². The second-order valence-corrected chi connectivity index (χ2v) is 6.18. The van der Waals surface area contributed by atoms with Crippen LogP contribution in [-0.4, -0.2) is 37.1 Å². The van der Waals surface area contributed by atoms with E-state index in [1.807, 2.05) is 12.1 Å². The van der Waals surface area contributed by atoms with Gasteiger partial charge in [-0.15, -0.1) is 0 Å². The Bertz CT molecular complexity index is 675. The van der Waals surface area contributed by atoms with Crippen molar-refractivity contribution in [3.05, 3.63) is 54.4 Å². The molecule has 1 aromatic heterocycles. The van der Waals surface area contributed by atoms with E-state index < -0.39 is 17.1 Å². The Morgan fingerprint density at radius 3 is 2.38 bits per heavy atom. The molecule has 0 radical (unpaired) electrons. The van der Waals surface area contributed by atoms with Gasteiger partial charge in [0.1, 0.15) is 0 Å². The lowest BCUT2D eigenvalue weighted by Gasteiger charge is -2.07. The van der Waals surface area contributed by atoms with Gasteiger partial charge in [0.05, 0.1) is 4.90 Å². The maximum absolute atomic E-state index is 12.0. The van der Waals surface area contributed by atoms with E-state index in [0.717, 1.165) is 5.69 Å². The minimum Gasteiger partial charge on any atom is -0.423 e. The summed E-state index contributed by atoms with van der Waals surface area (Å²) >= 11 is 0. The van der Waals surface area contributed by atoms with Gasteiger partial charge in [0.2, 0.25) is 10.0 Å². The summed E-state index contributed by atoms with van der Waals surface area (Å²) in [5.41, 5.74) is 1.04. The fourth-order valence-electron chi connectivity index (χ4n) is 1.76. The predicted octanol–water partition coefficient (Wildman–Crippen LogP) is -0.718. The van der Waals surface area contributed by atoms with Crippen LogP contribution < -0.4 is 10.2 Å². The van der Waals surface area contributed by atoms with E-state index >= 15 is 0 Å². The summed E-state index contributed by atoms with van der Waals surface area (Å²) < 4.78 is 26.6. The van der Waals surface area contributed by atoms with E-state index in [0.29, 0.717) is 6.42 Å². The molecule has 8 heteroatoms. The Balaban J connectivity index is 1.98. The van der Waals surface area contributed by atoms with Crippen molar-refractivity contribution >= 4 is 22.6 Å². The average molecular weight is 306 g/mol. The van der Waals surface area contributed by atoms with E-state index in [2.05, 4.69) is 9.71 Å². The molecule has 21 heavy (non-hydrogen) atoms. The van der Waals surface area contributed by atoms with Crippen LogP contribution in [0.15, 0.2) is 53.6 Å². The minimum absolute atomic E-state index is 0.0768. The first kappa shape index (κ1) is 15.6. The Hall–Kier alpha value is -1.74.